The van der Waals surface area contributed by atoms with Crippen LogP contribution in [0.3, 0.4) is 0 Å². The van der Waals surface area contributed by atoms with Crippen molar-refractivity contribution in [2.24, 2.45) is 0 Å². The van der Waals surface area contributed by atoms with E-state index in [0.717, 1.165) is 17.2 Å². The first-order chi connectivity index (χ1) is 11.9. The quantitative estimate of drug-likeness (QED) is 0.666. The molecule has 0 atom stereocenters. The number of hydrogen-bond acceptors (Lipinski definition) is 5. The first-order valence-electron chi connectivity index (χ1n) is 7.77. The Balaban J connectivity index is 2.33. The molecule has 5 heteroatoms. The number of rotatable bonds is 5. The number of ether oxygens (including phenoxy) is 2. The van der Waals surface area contributed by atoms with Gasteiger partial charge in [-0.3, -0.25) is 0 Å². The summed E-state index contributed by atoms with van der Waals surface area (Å²) in [6.07, 6.45) is 1.06. The maximum Gasteiger partial charge on any atom is 0.354 e. The van der Waals surface area contributed by atoms with Crippen LogP contribution in [0.4, 0.5) is 5.69 Å². The van der Waals surface area contributed by atoms with Gasteiger partial charge in [-0.2, -0.15) is 0 Å². The molecule has 0 saturated heterocycles. The fraction of sp³-hybridized carbons (Fsp3) is 0.200. The van der Waals surface area contributed by atoms with E-state index >= 15 is 0 Å². The predicted molar refractivity (Wildman–Crippen MR) is 97.1 cm³/mol. The van der Waals surface area contributed by atoms with Crippen LogP contribution in [0.2, 0.25) is 0 Å². The summed E-state index contributed by atoms with van der Waals surface area (Å²) in [5.41, 5.74) is 5.17. The molecule has 0 heterocycles. The van der Waals surface area contributed by atoms with Crippen molar-refractivity contribution in [2.45, 2.75) is 13.8 Å². The van der Waals surface area contributed by atoms with Crippen molar-refractivity contribution in [3.8, 4) is 11.1 Å². The molecule has 130 valence electrons. The lowest BCUT2D eigenvalue weighted by molar-refractivity contribution is -0.138. The van der Waals surface area contributed by atoms with Crippen molar-refractivity contribution in [3.63, 3.8) is 0 Å². The van der Waals surface area contributed by atoms with E-state index in [1.807, 2.05) is 24.3 Å². The Bertz CT molecular complexity index is 824. The average molecular weight is 339 g/mol. The summed E-state index contributed by atoms with van der Waals surface area (Å²) in [7, 11) is 2.49. The zero-order valence-corrected chi connectivity index (χ0v) is 14.8. The van der Waals surface area contributed by atoms with Gasteiger partial charge in [0.2, 0.25) is 0 Å². The Hall–Kier alpha value is -3.08. The van der Waals surface area contributed by atoms with Gasteiger partial charge in [0.05, 0.1) is 20.3 Å². The lowest BCUT2D eigenvalue weighted by Crippen LogP contribution is -2.15. The zero-order valence-electron chi connectivity index (χ0n) is 14.8. The van der Waals surface area contributed by atoms with Crippen LogP contribution in [-0.2, 0) is 19.1 Å². The van der Waals surface area contributed by atoms with Crippen LogP contribution in [0.25, 0.3) is 11.1 Å². The molecule has 2 aromatic rings. The molecule has 0 bridgehead atoms. The molecular formula is C20H21NO4. The molecule has 1 N–H and O–H groups in total. The highest BCUT2D eigenvalue weighted by atomic mass is 16.5. The van der Waals surface area contributed by atoms with Crippen LogP contribution in [0.15, 0.2) is 54.2 Å². The van der Waals surface area contributed by atoms with Crippen molar-refractivity contribution in [1.82, 2.24) is 0 Å². The molecule has 5 nitrogen and oxygen atoms in total. The molecule has 0 aromatic heterocycles. The van der Waals surface area contributed by atoms with Gasteiger partial charge in [0.1, 0.15) is 5.70 Å². The molecule has 0 saturated carbocycles. The summed E-state index contributed by atoms with van der Waals surface area (Å²) >= 11 is 0. The maximum atomic E-state index is 11.8. The number of carbonyl (C=O) groups is 2. The first kappa shape index (κ1) is 18.3. The van der Waals surface area contributed by atoms with Gasteiger partial charge in [-0.25, -0.2) is 9.59 Å². The van der Waals surface area contributed by atoms with E-state index in [9.17, 15) is 9.59 Å². The predicted octanol–water partition coefficient (Wildman–Crippen LogP) is 3.61. The van der Waals surface area contributed by atoms with Crippen molar-refractivity contribution < 1.29 is 19.1 Å². The van der Waals surface area contributed by atoms with Crippen molar-refractivity contribution in [2.75, 3.05) is 19.5 Å². The fourth-order valence-corrected chi connectivity index (χ4v) is 2.29. The van der Waals surface area contributed by atoms with E-state index in [1.165, 1.54) is 25.3 Å². The van der Waals surface area contributed by atoms with Gasteiger partial charge in [-0.15, -0.1) is 0 Å². The topological polar surface area (TPSA) is 64.6 Å². The highest BCUT2D eigenvalue weighted by Gasteiger charge is 2.13. The molecule has 0 amide bonds. The number of aryl methyl sites for hydroxylation is 2. The number of methoxy groups -OCH3 is 2. The van der Waals surface area contributed by atoms with Gasteiger partial charge in [0.25, 0.3) is 0 Å². The molecule has 0 fully saturated rings. The molecule has 25 heavy (non-hydrogen) atoms. The highest BCUT2D eigenvalue weighted by molar-refractivity contribution is 5.98. The minimum atomic E-state index is -0.651. The average Bonchev–Trinajstić information content (AvgIpc) is 2.62. The molecule has 0 aliphatic carbocycles. The molecule has 0 radical (unpaired) electrons. The van der Waals surface area contributed by atoms with Gasteiger partial charge < -0.3 is 14.8 Å². The molecule has 0 aliphatic rings. The largest absolute Gasteiger partial charge is 0.466 e. The number of nitrogens with one attached hydrogen (secondary N) is 1. The van der Waals surface area contributed by atoms with Crippen LogP contribution in [0.1, 0.15) is 11.1 Å². The lowest BCUT2D eigenvalue weighted by Gasteiger charge is -2.11. The Morgan fingerprint density at radius 2 is 1.64 bits per heavy atom. The third-order valence-corrected chi connectivity index (χ3v) is 3.85. The van der Waals surface area contributed by atoms with Gasteiger partial charge in [-0.1, -0.05) is 30.3 Å². The third-order valence-electron chi connectivity index (χ3n) is 3.85. The van der Waals surface area contributed by atoms with E-state index in [4.69, 9.17) is 4.74 Å². The Morgan fingerprint density at radius 1 is 0.920 bits per heavy atom. The summed E-state index contributed by atoms with van der Waals surface area (Å²) < 4.78 is 9.26. The van der Waals surface area contributed by atoms with E-state index in [0.29, 0.717) is 5.69 Å². The second kappa shape index (κ2) is 8.15. The lowest BCUT2D eigenvalue weighted by atomic mass is 10.0. The van der Waals surface area contributed by atoms with Crippen molar-refractivity contribution >= 4 is 17.6 Å². The number of esters is 2. The Labute approximate surface area is 147 Å². The number of anilines is 1. The van der Waals surface area contributed by atoms with Crippen LogP contribution in [0.5, 0.6) is 0 Å². The van der Waals surface area contributed by atoms with E-state index in [-0.39, 0.29) is 5.70 Å². The molecule has 0 spiro atoms. The minimum absolute atomic E-state index is 0.00610. The number of carbonyl (C=O) groups excluding carboxylic acids is 2. The summed E-state index contributed by atoms with van der Waals surface area (Å²) in [5, 5.41) is 2.92. The SMILES string of the molecule is COC(=O)/C=C(/Nc1cccc(-c2ccc(C)c(C)c2)c1)C(=O)OC. The molecule has 2 aromatic carbocycles. The number of benzene rings is 2. The second-order valence-electron chi connectivity index (χ2n) is 5.58. The summed E-state index contributed by atoms with van der Waals surface area (Å²) in [4.78, 5) is 23.3. The Kier molecular flexibility index (Phi) is 5.95. The monoisotopic (exact) mass is 339 g/mol. The highest BCUT2D eigenvalue weighted by Crippen LogP contribution is 2.25. The summed E-state index contributed by atoms with van der Waals surface area (Å²) in [5.74, 6) is -1.29. The molecule has 0 unspecified atom stereocenters. The first-order valence-corrected chi connectivity index (χ1v) is 7.77. The van der Waals surface area contributed by atoms with Crippen molar-refractivity contribution in [1.29, 1.82) is 0 Å². The number of hydrogen-bond donors (Lipinski definition) is 1. The van der Waals surface area contributed by atoms with Gasteiger partial charge in [0.15, 0.2) is 0 Å². The molecule has 2 rings (SSSR count). The summed E-state index contributed by atoms with van der Waals surface area (Å²) in [6, 6.07) is 13.8. The standard InChI is InChI=1S/C20H21NO4/c1-13-8-9-16(10-14(13)2)15-6-5-7-17(11-15)21-18(20(23)25-4)12-19(22)24-3/h5-12,21H,1-4H3/b18-12+. The smallest absolute Gasteiger partial charge is 0.354 e. The molecule has 0 aliphatic heterocycles. The van der Waals surface area contributed by atoms with Crippen LogP contribution in [0, 0.1) is 13.8 Å². The van der Waals surface area contributed by atoms with Gasteiger partial charge in [0, 0.05) is 5.69 Å². The second-order valence-corrected chi connectivity index (χ2v) is 5.58. The van der Waals surface area contributed by atoms with Crippen molar-refractivity contribution in [3.05, 3.63) is 65.4 Å². The van der Waals surface area contributed by atoms with Crippen LogP contribution in [-0.4, -0.2) is 26.2 Å². The molecular weight excluding hydrogens is 318 g/mol. The van der Waals surface area contributed by atoms with Crippen LogP contribution < -0.4 is 5.32 Å². The normalized spacial score (nSPS) is 11.0. The van der Waals surface area contributed by atoms with Gasteiger partial charge >= 0.3 is 11.9 Å². The summed E-state index contributed by atoms with van der Waals surface area (Å²) in [6.45, 7) is 4.13. The van der Waals surface area contributed by atoms with E-state index in [1.54, 1.807) is 6.07 Å². The minimum Gasteiger partial charge on any atom is -0.466 e. The fourth-order valence-electron chi connectivity index (χ4n) is 2.29. The third kappa shape index (κ3) is 4.70. The van der Waals surface area contributed by atoms with Gasteiger partial charge in [-0.05, 0) is 48.2 Å². The van der Waals surface area contributed by atoms with E-state index in [2.05, 4.69) is 36.0 Å². The van der Waals surface area contributed by atoms with E-state index < -0.39 is 11.9 Å². The maximum absolute atomic E-state index is 11.8. The Morgan fingerprint density at radius 3 is 2.28 bits per heavy atom. The zero-order chi connectivity index (χ0) is 18.4. The van der Waals surface area contributed by atoms with Crippen LogP contribution >= 0.6 is 0 Å².